The van der Waals surface area contributed by atoms with E-state index in [0.717, 1.165) is 11.3 Å². The van der Waals surface area contributed by atoms with E-state index in [1.54, 1.807) is 18.2 Å². The number of pyridine rings is 1. The number of aromatic nitrogens is 1. The second-order valence-electron chi connectivity index (χ2n) is 4.18. The fourth-order valence-corrected chi connectivity index (χ4v) is 1.52. The first-order valence-electron chi connectivity index (χ1n) is 6.23. The number of nitrogens with one attached hydrogen (secondary N) is 1. The molecule has 1 N–H and O–H groups in total. The van der Waals surface area contributed by atoms with Gasteiger partial charge in [-0.2, -0.15) is 5.10 Å². The summed E-state index contributed by atoms with van der Waals surface area (Å²) in [6.45, 7) is 1.87. The van der Waals surface area contributed by atoms with Crippen molar-refractivity contribution in [2.45, 2.75) is 6.92 Å². The normalized spacial score (nSPS) is 11.1. The van der Waals surface area contributed by atoms with Gasteiger partial charge in [-0.3, -0.25) is 9.78 Å². The Balaban J connectivity index is 1.86. The van der Waals surface area contributed by atoms with Crippen LogP contribution in [0.2, 0.25) is 0 Å². The first kappa shape index (κ1) is 13.7. The van der Waals surface area contributed by atoms with Gasteiger partial charge < -0.3 is 0 Å². The third kappa shape index (κ3) is 4.17. The van der Waals surface area contributed by atoms with Crippen molar-refractivity contribution in [2.75, 3.05) is 0 Å². The highest BCUT2D eigenvalue weighted by molar-refractivity contribution is 5.94. The van der Waals surface area contributed by atoms with E-state index in [1.165, 1.54) is 12.4 Å². The maximum Gasteiger partial charge on any atom is 0.272 e. The first-order valence-corrected chi connectivity index (χ1v) is 6.23. The number of amides is 1. The number of hydrogen-bond donors (Lipinski definition) is 1. The number of hydrazone groups is 1. The molecule has 0 fully saturated rings. The topological polar surface area (TPSA) is 54.4 Å². The lowest BCUT2D eigenvalue weighted by Gasteiger charge is -1.98. The van der Waals surface area contributed by atoms with E-state index >= 15 is 0 Å². The lowest BCUT2D eigenvalue weighted by atomic mass is 10.2. The van der Waals surface area contributed by atoms with Gasteiger partial charge in [0.25, 0.3) is 5.91 Å². The van der Waals surface area contributed by atoms with Gasteiger partial charge in [0.15, 0.2) is 0 Å². The molecule has 0 saturated carbocycles. The number of rotatable bonds is 4. The highest BCUT2D eigenvalue weighted by Gasteiger charge is 2.02. The van der Waals surface area contributed by atoms with Crippen molar-refractivity contribution in [2.24, 2.45) is 5.10 Å². The maximum absolute atomic E-state index is 11.7. The van der Waals surface area contributed by atoms with E-state index in [1.807, 2.05) is 43.3 Å². The molecule has 0 radical (unpaired) electrons. The molecule has 20 heavy (non-hydrogen) atoms. The fourth-order valence-electron chi connectivity index (χ4n) is 1.52. The molecule has 2 aromatic rings. The van der Waals surface area contributed by atoms with Crippen LogP contribution in [0.4, 0.5) is 0 Å². The summed E-state index contributed by atoms with van der Waals surface area (Å²) in [5.41, 5.74) is 4.88. The molecule has 0 saturated heterocycles. The van der Waals surface area contributed by atoms with Crippen LogP contribution in [-0.4, -0.2) is 17.1 Å². The minimum atomic E-state index is -0.276. The summed E-state index contributed by atoms with van der Waals surface area (Å²) in [5, 5.41) is 3.85. The standard InChI is InChI=1S/C16H15N3O/c1-13-9-10-15(12-17-13)16(20)19-18-11-5-8-14-6-3-2-4-7-14/h2-12H,1H3,(H,19,20). The Morgan fingerprint density at radius 1 is 1.20 bits per heavy atom. The second-order valence-corrected chi connectivity index (χ2v) is 4.18. The molecule has 0 spiro atoms. The largest absolute Gasteiger partial charge is 0.272 e. The van der Waals surface area contributed by atoms with Gasteiger partial charge in [-0.1, -0.05) is 36.4 Å². The smallest absolute Gasteiger partial charge is 0.267 e. The third-order valence-corrected chi connectivity index (χ3v) is 2.59. The van der Waals surface area contributed by atoms with E-state index in [9.17, 15) is 4.79 Å². The number of benzene rings is 1. The van der Waals surface area contributed by atoms with Crippen LogP contribution in [-0.2, 0) is 0 Å². The predicted molar refractivity (Wildman–Crippen MR) is 80.4 cm³/mol. The molecule has 4 heteroatoms. The second kappa shape index (κ2) is 6.99. The molecular formula is C16H15N3O. The average molecular weight is 265 g/mol. The highest BCUT2D eigenvalue weighted by Crippen LogP contribution is 2.00. The Labute approximate surface area is 117 Å². The Hall–Kier alpha value is -2.75. The summed E-state index contributed by atoms with van der Waals surface area (Å²) < 4.78 is 0. The zero-order valence-electron chi connectivity index (χ0n) is 11.2. The summed E-state index contributed by atoms with van der Waals surface area (Å²) in [7, 11) is 0. The molecule has 0 aliphatic carbocycles. The Morgan fingerprint density at radius 3 is 2.70 bits per heavy atom. The van der Waals surface area contributed by atoms with Crippen LogP contribution < -0.4 is 5.43 Å². The molecule has 1 aromatic heterocycles. The Bertz CT molecular complexity index is 616. The molecule has 2 rings (SSSR count). The molecule has 0 aliphatic rings. The zero-order chi connectivity index (χ0) is 14.2. The number of aryl methyl sites for hydroxylation is 1. The number of allylic oxidation sites excluding steroid dienone is 1. The van der Waals surface area contributed by atoms with Gasteiger partial charge in [0, 0.05) is 18.1 Å². The van der Waals surface area contributed by atoms with Gasteiger partial charge in [0.05, 0.1) is 5.56 Å². The minimum absolute atomic E-state index is 0.276. The summed E-state index contributed by atoms with van der Waals surface area (Å²) in [6.07, 6.45) is 6.73. The fraction of sp³-hybridized carbons (Fsp3) is 0.0625. The number of carbonyl (C=O) groups is 1. The van der Waals surface area contributed by atoms with E-state index in [4.69, 9.17) is 0 Å². The maximum atomic E-state index is 11.7. The molecule has 0 atom stereocenters. The van der Waals surface area contributed by atoms with Gasteiger partial charge in [0.2, 0.25) is 0 Å². The monoisotopic (exact) mass is 265 g/mol. The predicted octanol–water partition coefficient (Wildman–Crippen LogP) is 2.82. The molecule has 1 amide bonds. The number of nitrogens with zero attached hydrogens (tertiary/aromatic N) is 2. The molecule has 100 valence electrons. The van der Waals surface area contributed by atoms with Crippen LogP contribution in [0.5, 0.6) is 0 Å². The minimum Gasteiger partial charge on any atom is -0.267 e. The van der Waals surface area contributed by atoms with Crippen LogP contribution in [0.1, 0.15) is 21.6 Å². The quantitative estimate of drug-likeness (QED) is 0.682. The third-order valence-electron chi connectivity index (χ3n) is 2.59. The van der Waals surface area contributed by atoms with E-state index in [-0.39, 0.29) is 5.91 Å². The first-order chi connectivity index (χ1) is 9.75. The van der Waals surface area contributed by atoms with Gasteiger partial charge in [-0.25, -0.2) is 5.43 Å². The van der Waals surface area contributed by atoms with Crippen molar-refractivity contribution in [3.63, 3.8) is 0 Å². The Kier molecular flexibility index (Phi) is 4.78. The van der Waals surface area contributed by atoms with Crippen LogP contribution >= 0.6 is 0 Å². The lowest BCUT2D eigenvalue weighted by molar-refractivity contribution is 0.0955. The molecule has 0 unspecified atom stereocenters. The van der Waals surface area contributed by atoms with Crippen molar-refractivity contribution in [3.05, 3.63) is 71.6 Å². The van der Waals surface area contributed by atoms with Crippen molar-refractivity contribution >= 4 is 18.2 Å². The van der Waals surface area contributed by atoms with E-state index in [2.05, 4.69) is 15.5 Å². The van der Waals surface area contributed by atoms with Crippen LogP contribution in [0.25, 0.3) is 6.08 Å². The van der Waals surface area contributed by atoms with Crippen LogP contribution in [0, 0.1) is 6.92 Å². The van der Waals surface area contributed by atoms with Crippen LogP contribution in [0.15, 0.2) is 59.8 Å². The zero-order valence-corrected chi connectivity index (χ0v) is 11.2. The van der Waals surface area contributed by atoms with Gasteiger partial charge in [-0.05, 0) is 30.7 Å². The summed E-state index contributed by atoms with van der Waals surface area (Å²) in [4.78, 5) is 15.8. The Morgan fingerprint density at radius 2 is 2.00 bits per heavy atom. The number of hydrogen-bond acceptors (Lipinski definition) is 3. The van der Waals surface area contributed by atoms with Gasteiger partial charge in [-0.15, -0.1) is 0 Å². The SMILES string of the molecule is Cc1ccc(C(=O)NN=CC=Cc2ccccc2)cn1. The van der Waals surface area contributed by atoms with Crippen molar-refractivity contribution in [1.29, 1.82) is 0 Å². The van der Waals surface area contributed by atoms with Crippen molar-refractivity contribution in [1.82, 2.24) is 10.4 Å². The van der Waals surface area contributed by atoms with E-state index in [0.29, 0.717) is 5.56 Å². The van der Waals surface area contributed by atoms with E-state index < -0.39 is 0 Å². The molecule has 0 aliphatic heterocycles. The number of carbonyl (C=O) groups excluding carboxylic acids is 1. The molecule has 4 nitrogen and oxygen atoms in total. The molecule has 1 heterocycles. The van der Waals surface area contributed by atoms with Crippen LogP contribution in [0.3, 0.4) is 0 Å². The van der Waals surface area contributed by atoms with Gasteiger partial charge in [0.1, 0.15) is 0 Å². The van der Waals surface area contributed by atoms with Crippen molar-refractivity contribution < 1.29 is 4.79 Å². The summed E-state index contributed by atoms with van der Waals surface area (Å²) in [6, 6.07) is 13.4. The summed E-state index contributed by atoms with van der Waals surface area (Å²) >= 11 is 0. The lowest BCUT2D eigenvalue weighted by Crippen LogP contribution is -2.17. The molecular weight excluding hydrogens is 250 g/mol. The average Bonchev–Trinajstić information content (AvgIpc) is 2.48. The molecule has 1 aromatic carbocycles. The highest BCUT2D eigenvalue weighted by atomic mass is 16.2. The van der Waals surface area contributed by atoms with Gasteiger partial charge >= 0.3 is 0 Å². The summed E-state index contributed by atoms with van der Waals surface area (Å²) in [5.74, 6) is -0.276. The van der Waals surface area contributed by atoms with Crippen molar-refractivity contribution in [3.8, 4) is 0 Å². The molecule has 0 bridgehead atoms.